The molecule has 0 aromatic heterocycles. The molecule has 0 aliphatic rings. The maximum Gasteiger partial charge on any atom is 0.393 e. The van der Waals surface area contributed by atoms with Gasteiger partial charge in [0.1, 0.15) is 5.82 Å². The zero-order valence-electron chi connectivity index (χ0n) is 7.31. The molecule has 82 valence electrons. The summed E-state index contributed by atoms with van der Waals surface area (Å²) < 4.78 is 48.7. The number of benzene rings is 1. The van der Waals surface area contributed by atoms with E-state index < -0.39 is 29.9 Å². The van der Waals surface area contributed by atoms with Crippen LogP contribution in [0.1, 0.15) is 15.9 Å². The van der Waals surface area contributed by atoms with E-state index in [4.69, 9.17) is 5.11 Å². The van der Waals surface area contributed by atoms with Crippen molar-refractivity contribution in [3.8, 4) is 0 Å². The van der Waals surface area contributed by atoms with Gasteiger partial charge in [-0.2, -0.15) is 13.2 Å². The van der Waals surface area contributed by atoms with Crippen molar-refractivity contribution >= 4 is 5.97 Å². The first-order valence-electron chi connectivity index (χ1n) is 3.88. The van der Waals surface area contributed by atoms with Crippen molar-refractivity contribution in [3.63, 3.8) is 0 Å². The van der Waals surface area contributed by atoms with Gasteiger partial charge in [0.15, 0.2) is 0 Å². The van der Waals surface area contributed by atoms with Crippen molar-refractivity contribution in [2.45, 2.75) is 12.6 Å². The molecule has 1 aromatic carbocycles. The molecule has 0 radical (unpaired) electrons. The maximum atomic E-state index is 13.0. The van der Waals surface area contributed by atoms with E-state index in [1.165, 1.54) is 0 Å². The Kier molecular flexibility index (Phi) is 2.97. The maximum absolute atomic E-state index is 13.0. The van der Waals surface area contributed by atoms with Crippen LogP contribution in [0.15, 0.2) is 18.2 Å². The summed E-state index contributed by atoms with van der Waals surface area (Å²) in [6, 6.07) is 2.34. The van der Waals surface area contributed by atoms with Crippen molar-refractivity contribution in [2.24, 2.45) is 0 Å². The van der Waals surface area contributed by atoms with E-state index in [-0.39, 0.29) is 5.56 Å². The average molecular weight is 222 g/mol. The second-order valence-electron chi connectivity index (χ2n) is 2.90. The number of hydrogen-bond acceptors (Lipinski definition) is 1. The molecule has 0 aliphatic heterocycles. The Morgan fingerprint density at radius 3 is 2.33 bits per heavy atom. The highest BCUT2D eigenvalue weighted by Crippen LogP contribution is 2.23. The summed E-state index contributed by atoms with van der Waals surface area (Å²) in [7, 11) is 0. The normalized spacial score (nSPS) is 11.5. The predicted octanol–water partition coefficient (Wildman–Crippen LogP) is 2.63. The van der Waals surface area contributed by atoms with Crippen molar-refractivity contribution < 1.29 is 27.5 Å². The summed E-state index contributed by atoms with van der Waals surface area (Å²) in [6.45, 7) is 0. The Labute approximate surface area is 82.1 Å². The van der Waals surface area contributed by atoms with Crippen LogP contribution in [-0.4, -0.2) is 17.3 Å². The largest absolute Gasteiger partial charge is 0.478 e. The summed E-state index contributed by atoms with van der Waals surface area (Å²) >= 11 is 0. The number of hydrogen-bond donors (Lipinski definition) is 1. The lowest BCUT2D eigenvalue weighted by Gasteiger charge is -2.07. The topological polar surface area (TPSA) is 37.3 Å². The number of carboxylic acid groups (broad SMARTS) is 1. The molecule has 0 unspecified atom stereocenters. The molecule has 2 nitrogen and oxygen atoms in total. The first-order valence-corrected chi connectivity index (χ1v) is 3.88. The Hall–Kier alpha value is -1.59. The van der Waals surface area contributed by atoms with E-state index in [9.17, 15) is 22.4 Å². The van der Waals surface area contributed by atoms with Crippen LogP contribution in [0.3, 0.4) is 0 Å². The van der Waals surface area contributed by atoms with E-state index in [0.29, 0.717) is 6.07 Å². The van der Waals surface area contributed by atoms with E-state index >= 15 is 0 Å². The van der Waals surface area contributed by atoms with Crippen LogP contribution in [0, 0.1) is 5.82 Å². The van der Waals surface area contributed by atoms with Gasteiger partial charge in [-0.05, 0) is 17.7 Å². The smallest absolute Gasteiger partial charge is 0.393 e. The highest BCUT2D eigenvalue weighted by Gasteiger charge is 2.29. The molecular formula is C9H6F4O2. The molecule has 0 aliphatic carbocycles. The average Bonchev–Trinajstić information content (AvgIpc) is 2.05. The fourth-order valence-corrected chi connectivity index (χ4v) is 1.04. The summed E-state index contributed by atoms with van der Waals surface area (Å²) in [4.78, 5) is 10.4. The second kappa shape index (κ2) is 3.88. The molecule has 1 N–H and O–H groups in total. The Bertz CT molecular complexity index is 384. The molecule has 1 rings (SSSR count). The molecule has 0 fully saturated rings. The van der Waals surface area contributed by atoms with Crippen LogP contribution < -0.4 is 0 Å². The minimum absolute atomic E-state index is 0.376. The molecule has 0 amide bonds. The highest BCUT2D eigenvalue weighted by molar-refractivity contribution is 5.87. The van der Waals surface area contributed by atoms with Gasteiger partial charge >= 0.3 is 12.1 Å². The first-order chi connectivity index (χ1) is 6.79. The third-order valence-corrected chi connectivity index (χ3v) is 1.69. The lowest BCUT2D eigenvalue weighted by molar-refractivity contribution is -0.127. The third kappa shape index (κ3) is 3.23. The van der Waals surface area contributed by atoms with Crippen LogP contribution in [-0.2, 0) is 6.42 Å². The molecular weight excluding hydrogens is 216 g/mol. The quantitative estimate of drug-likeness (QED) is 0.781. The molecule has 0 saturated carbocycles. The van der Waals surface area contributed by atoms with Gasteiger partial charge in [0, 0.05) is 0 Å². The number of carbonyl (C=O) groups is 1. The van der Waals surface area contributed by atoms with Crippen molar-refractivity contribution in [3.05, 3.63) is 35.1 Å². The number of aromatic carboxylic acids is 1. The lowest BCUT2D eigenvalue weighted by atomic mass is 10.1. The summed E-state index contributed by atoms with van der Waals surface area (Å²) in [5.41, 5.74) is -0.939. The van der Waals surface area contributed by atoms with Gasteiger partial charge in [-0.1, -0.05) is 6.07 Å². The molecule has 0 atom stereocenters. The first kappa shape index (κ1) is 11.5. The number of rotatable bonds is 2. The minimum Gasteiger partial charge on any atom is -0.478 e. The van der Waals surface area contributed by atoms with Crippen LogP contribution >= 0.6 is 0 Å². The SMILES string of the molecule is O=C(O)c1ccc(CC(F)(F)F)c(F)c1. The second-order valence-corrected chi connectivity index (χ2v) is 2.90. The molecule has 15 heavy (non-hydrogen) atoms. The van der Waals surface area contributed by atoms with Crippen molar-refractivity contribution in [1.82, 2.24) is 0 Å². The van der Waals surface area contributed by atoms with Gasteiger partial charge in [0.25, 0.3) is 0 Å². The van der Waals surface area contributed by atoms with Crippen molar-refractivity contribution in [1.29, 1.82) is 0 Å². The van der Waals surface area contributed by atoms with E-state index in [0.717, 1.165) is 12.1 Å². The van der Waals surface area contributed by atoms with Gasteiger partial charge in [-0.3, -0.25) is 0 Å². The predicted molar refractivity (Wildman–Crippen MR) is 43.1 cm³/mol. The molecule has 0 heterocycles. The van der Waals surface area contributed by atoms with E-state index in [1.807, 2.05) is 0 Å². The Balaban J connectivity index is 2.99. The molecule has 0 bridgehead atoms. The van der Waals surface area contributed by atoms with E-state index in [2.05, 4.69) is 0 Å². The van der Waals surface area contributed by atoms with Crippen LogP contribution in [0.2, 0.25) is 0 Å². The van der Waals surface area contributed by atoms with Gasteiger partial charge < -0.3 is 5.11 Å². The monoisotopic (exact) mass is 222 g/mol. The number of halogens is 4. The third-order valence-electron chi connectivity index (χ3n) is 1.69. The molecule has 0 saturated heterocycles. The standard InChI is InChI=1S/C9H6F4O2/c10-7-3-5(8(14)15)1-2-6(7)4-9(11,12)13/h1-3H,4H2,(H,14,15). The number of carboxylic acids is 1. The van der Waals surface area contributed by atoms with Crippen LogP contribution in [0.25, 0.3) is 0 Å². The van der Waals surface area contributed by atoms with Gasteiger partial charge in [0.05, 0.1) is 12.0 Å². The van der Waals surface area contributed by atoms with Gasteiger partial charge in [-0.25, -0.2) is 9.18 Å². The molecule has 0 spiro atoms. The Morgan fingerprint density at radius 1 is 1.33 bits per heavy atom. The minimum atomic E-state index is -4.51. The zero-order chi connectivity index (χ0) is 11.6. The molecule has 6 heteroatoms. The summed E-state index contributed by atoms with van der Waals surface area (Å²) in [5, 5.41) is 8.44. The van der Waals surface area contributed by atoms with E-state index in [1.54, 1.807) is 0 Å². The van der Waals surface area contributed by atoms with Gasteiger partial charge in [0.2, 0.25) is 0 Å². The molecule has 1 aromatic rings. The zero-order valence-corrected chi connectivity index (χ0v) is 7.31. The van der Waals surface area contributed by atoms with Crippen LogP contribution in [0.5, 0.6) is 0 Å². The fraction of sp³-hybridized carbons (Fsp3) is 0.222. The van der Waals surface area contributed by atoms with Crippen molar-refractivity contribution in [2.75, 3.05) is 0 Å². The summed E-state index contributed by atoms with van der Waals surface area (Å²) in [6.07, 6.45) is -5.91. The summed E-state index contributed by atoms with van der Waals surface area (Å²) in [5.74, 6) is -2.54. The van der Waals surface area contributed by atoms with Crippen LogP contribution in [0.4, 0.5) is 17.6 Å². The van der Waals surface area contributed by atoms with Gasteiger partial charge in [-0.15, -0.1) is 0 Å². The Morgan fingerprint density at radius 2 is 1.93 bits per heavy atom. The fourth-order valence-electron chi connectivity index (χ4n) is 1.04. The highest BCUT2D eigenvalue weighted by atomic mass is 19.4. The number of alkyl halides is 3. The lowest BCUT2D eigenvalue weighted by Crippen LogP contribution is -2.13.